The van der Waals surface area contributed by atoms with E-state index in [-0.39, 0.29) is 11.8 Å². The van der Waals surface area contributed by atoms with Crippen LogP contribution in [0.15, 0.2) is 60.7 Å². The number of hydrogen-bond acceptors (Lipinski definition) is 4. The van der Waals surface area contributed by atoms with Crippen LogP contribution in [0.4, 0.5) is 11.5 Å². The normalized spacial score (nSPS) is 10.7. The third-order valence-corrected chi connectivity index (χ3v) is 5.17. The van der Waals surface area contributed by atoms with Crippen LogP contribution in [-0.4, -0.2) is 22.0 Å². The lowest BCUT2D eigenvalue weighted by Crippen LogP contribution is -2.13. The van der Waals surface area contributed by atoms with Crippen LogP contribution in [0.5, 0.6) is 0 Å². The van der Waals surface area contributed by atoms with Crippen molar-refractivity contribution in [2.75, 3.05) is 10.6 Å². The highest BCUT2D eigenvalue weighted by molar-refractivity contribution is 7.20. The van der Waals surface area contributed by atoms with Gasteiger partial charge in [-0.1, -0.05) is 36.4 Å². The molecule has 2 aromatic heterocycles. The number of para-hydroxylation sites is 1. The van der Waals surface area contributed by atoms with Gasteiger partial charge in [0.25, 0.3) is 11.8 Å². The molecule has 0 saturated heterocycles. The second-order valence-electron chi connectivity index (χ2n) is 6.01. The summed E-state index contributed by atoms with van der Waals surface area (Å²) in [5.74, 6) is -0.0248. The zero-order valence-electron chi connectivity index (χ0n) is 14.4. The summed E-state index contributed by atoms with van der Waals surface area (Å²) in [6.45, 7) is 1.88. The van der Waals surface area contributed by atoms with Crippen LogP contribution in [-0.2, 0) is 0 Å². The van der Waals surface area contributed by atoms with Gasteiger partial charge in [-0.25, -0.2) is 0 Å². The number of fused-ring (bicyclic) bond motifs is 1. The number of carbonyl (C=O) groups is 2. The first kappa shape index (κ1) is 17.0. The summed E-state index contributed by atoms with van der Waals surface area (Å²) < 4.78 is 0. The lowest BCUT2D eigenvalue weighted by Gasteiger charge is -2.05. The Hall–Kier alpha value is -3.45. The van der Waals surface area contributed by atoms with E-state index < -0.39 is 0 Å². The minimum atomic E-state index is -0.233. The highest BCUT2D eigenvalue weighted by atomic mass is 32.1. The maximum atomic E-state index is 12.5. The van der Waals surface area contributed by atoms with Gasteiger partial charge in [-0.15, -0.1) is 11.3 Å². The summed E-state index contributed by atoms with van der Waals surface area (Å²) in [6, 6.07) is 18.3. The predicted octanol–water partition coefficient (Wildman–Crippen LogP) is 4.44. The molecule has 7 heteroatoms. The number of aromatic amines is 1. The Balaban J connectivity index is 1.56. The summed E-state index contributed by atoms with van der Waals surface area (Å²) in [5, 5.41) is 13.4. The van der Waals surface area contributed by atoms with Crippen LogP contribution >= 0.6 is 11.3 Å². The van der Waals surface area contributed by atoms with Crippen molar-refractivity contribution in [3.63, 3.8) is 0 Å². The van der Waals surface area contributed by atoms with E-state index >= 15 is 0 Å². The number of nitrogens with zero attached hydrogens (tertiary/aromatic N) is 1. The molecule has 134 valence electrons. The van der Waals surface area contributed by atoms with Crippen molar-refractivity contribution in [1.82, 2.24) is 10.2 Å². The highest BCUT2D eigenvalue weighted by Gasteiger charge is 2.17. The van der Waals surface area contributed by atoms with Crippen molar-refractivity contribution in [2.24, 2.45) is 0 Å². The van der Waals surface area contributed by atoms with Crippen LogP contribution in [0.25, 0.3) is 10.2 Å². The standard InChI is InChI=1S/C20H16N4O2S/c1-12-7-5-6-10-14(12)18(25)22-17-15-11-16(27-20(15)24-23-17)19(26)21-13-8-3-2-4-9-13/h2-11H,1H3,(H,21,26)(H2,22,23,24,25). The van der Waals surface area contributed by atoms with Crippen LogP contribution in [0, 0.1) is 6.92 Å². The molecule has 0 aliphatic carbocycles. The van der Waals surface area contributed by atoms with E-state index in [2.05, 4.69) is 20.8 Å². The number of thiophene rings is 1. The van der Waals surface area contributed by atoms with E-state index in [1.165, 1.54) is 11.3 Å². The molecule has 2 heterocycles. The molecule has 3 N–H and O–H groups in total. The fraction of sp³-hybridized carbons (Fsp3) is 0.0500. The highest BCUT2D eigenvalue weighted by Crippen LogP contribution is 2.30. The molecule has 4 aromatic rings. The molecule has 2 amide bonds. The Bertz CT molecular complexity index is 1130. The molecule has 0 fully saturated rings. The van der Waals surface area contributed by atoms with E-state index in [4.69, 9.17) is 0 Å². The van der Waals surface area contributed by atoms with Gasteiger partial charge in [-0.05, 0) is 36.8 Å². The van der Waals surface area contributed by atoms with E-state index in [0.29, 0.717) is 21.6 Å². The summed E-state index contributed by atoms with van der Waals surface area (Å²) in [5.41, 5.74) is 2.20. The van der Waals surface area contributed by atoms with Crippen LogP contribution in [0.3, 0.4) is 0 Å². The molecule has 2 aromatic carbocycles. The van der Waals surface area contributed by atoms with Gasteiger partial charge in [-0.2, -0.15) is 5.10 Å². The van der Waals surface area contributed by atoms with Crippen molar-refractivity contribution >= 4 is 44.9 Å². The number of H-pyrrole nitrogens is 1. The SMILES string of the molecule is Cc1ccccc1C(=O)Nc1n[nH]c2sc(C(=O)Nc3ccccc3)cc12. The number of amides is 2. The number of rotatable bonds is 4. The smallest absolute Gasteiger partial charge is 0.265 e. The lowest BCUT2D eigenvalue weighted by atomic mass is 10.1. The molecule has 6 nitrogen and oxygen atoms in total. The van der Waals surface area contributed by atoms with E-state index in [0.717, 1.165) is 16.1 Å². The summed E-state index contributed by atoms with van der Waals surface area (Å²) >= 11 is 1.29. The second-order valence-corrected chi connectivity index (χ2v) is 7.07. The van der Waals surface area contributed by atoms with Gasteiger partial charge >= 0.3 is 0 Å². The molecule has 0 unspecified atom stereocenters. The van der Waals surface area contributed by atoms with Crippen LogP contribution < -0.4 is 10.6 Å². The molecule has 0 aliphatic heterocycles. The van der Waals surface area contributed by atoms with E-state index in [9.17, 15) is 9.59 Å². The summed E-state index contributed by atoms with van der Waals surface area (Å²) in [7, 11) is 0. The van der Waals surface area contributed by atoms with Crippen molar-refractivity contribution in [1.29, 1.82) is 0 Å². The number of anilines is 2. The van der Waals surface area contributed by atoms with Crippen molar-refractivity contribution in [3.8, 4) is 0 Å². The second kappa shape index (κ2) is 7.05. The molecular formula is C20H16N4O2S. The fourth-order valence-corrected chi connectivity index (χ4v) is 3.64. The molecule has 0 bridgehead atoms. The minimum absolute atomic E-state index is 0.202. The van der Waals surface area contributed by atoms with Gasteiger partial charge < -0.3 is 10.6 Å². The number of aromatic nitrogens is 2. The number of carbonyl (C=O) groups excluding carboxylic acids is 2. The average Bonchev–Trinajstić information content (AvgIpc) is 3.25. The van der Waals surface area contributed by atoms with Gasteiger partial charge in [0.15, 0.2) is 5.82 Å². The third-order valence-electron chi connectivity index (χ3n) is 4.13. The number of aryl methyl sites for hydroxylation is 1. The monoisotopic (exact) mass is 376 g/mol. The Morgan fingerprint density at radius 2 is 1.70 bits per heavy atom. The van der Waals surface area contributed by atoms with E-state index in [1.807, 2.05) is 55.5 Å². The van der Waals surface area contributed by atoms with Crippen molar-refractivity contribution < 1.29 is 9.59 Å². The van der Waals surface area contributed by atoms with Gasteiger partial charge in [0.1, 0.15) is 4.83 Å². The predicted molar refractivity (Wildman–Crippen MR) is 107 cm³/mol. The Labute approximate surface area is 159 Å². The average molecular weight is 376 g/mol. The molecule has 0 saturated carbocycles. The Morgan fingerprint density at radius 3 is 2.48 bits per heavy atom. The number of nitrogens with one attached hydrogen (secondary N) is 3. The van der Waals surface area contributed by atoms with Gasteiger partial charge in [-0.3, -0.25) is 14.7 Å². The number of hydrogen-bond donors (Lipinski definition) is 3. The first-order chi connectivity index (χ1) is 13.1. The van der Waals surface area contributed by atoms with Crippen molar-refractivity contribution in [2.45, 2.75) is 6.92 Å². The first-order valence-corrected chi connectivity index (χ1v) is 9.15. The van der Waals surface area contributed by atoms with Crippen LogP contribution in [0.2, 0.25) is 0 Å². The van der Waals surface area contributed by atoms with Crippen molar-refractivity contribution in [3.05, 3.63) is 76.7 Å². The Kier molecular flexibility index (Phi) is 4.43. The molecule has 4 rings (SSSR count). The minimum Gasteiger partial charge on any atom is -0.321 e. The molecule has 0 spiro atoms. The largest absolute Gasteiger partial charge is 0.321 e. The Morgan fingerprint density at radius 1 is 0.963 bits per heavy atom. The van der Waals surface area contributed by atoms with E-state index in [1.54, 1.807) is 12.1 Å². The topological polar surface area (TPSA) is 86.9 Å². The molecule has 0 radical (unpaired) electrons. The van der Waals surface area contributed by atoms with Gasteiger partial charge in [0.05, 0.1) is 10.3 Å². The molecule has 0 aliphatic rings. The zero-order chi connectivity index (χ0) is 18.8. The summed E-state index contributed by atoms with van der Waals surface area (Å²) in [4.78, 5) is 26.2. The third kappa shape index (κ3) is 3.45. The quantitative estimate of drug-likeness (QED) is 0.492. The van der Waals surface area contributed by atoms with Crippen LogP contribution in [0.1, 0.15) is 25.6 Å². The molecule has 0 atom stereocenters. The fourth-order valence-electron chi connectivity index (χ4n) is 2.74. The maximum Gasteiger partial charge on any atom is 0.265 e. The molecule has 27 heavy (non-hydrogen) atoms. The molecular weight excluding hydrogens is 360 g/mol. The lowest BCUT2D eigenvalue weighted by molar-refractivity contribution is 0.102. The summed E-state index contributed by atoms with van der Waals surface area (Å²) in [6.07, 6.45) is 0. The van der Waals surface area contributed by atoms with Gasteiger partial charge in [0.2, 0.25) is 0 Å². The first-order valence-electron chi connectivity index (χ1n) is 8.33. The zero-order valence-corrected chi connectivity index (χ0v) is 15.3. The maximum absolute atomic E-state index is 12.5. The number of benzene rings is 2. The van der Waals surface area contributed by atoms with Gasteiger partial charge in [0, 0.05) is 11.3 Å².